The third-order valence-corrected chi connectivity index (χ3v) is 1.78. The normalized spacial score (nSPS) is 9.86. The van der Waals surface area contributed by atoms with Gasteiger partial charge in [0.2, 0.25) is 0 Å². The average Bonchev–Trinajstić information content (AvgIpc) is 2.01. The van der Waals surface area contributed by atoms with E-state index in [1.54, 1.807) is 0 Å². The first kappa shape index (κ1) is 10.7. The molecule has 1 heterocycles. The summed E-state index contributed by atoms with van der Waals surface area (Å²) < 4.78 is 0. The van der Waals surface area contributed by atoms with Crippen LogP contribution < -0.4 is 0 Å². The zero-order valence-corrected chi connectivity index (χ0v) is 8.21. The van der Waals surface area contributed by atoms with E-state index in [1.807, 2.05) is 0 Å². The molecule has 0 amide bonds. The summed E-state index contributed by atoms with van der Waals surface area (Å²) in [5, 5.41) is 8.65. The van der Waals surface area contributed by atoms with E-state index in [0.717, 1.165) is 0 Å². The van der Waals surface area contributed by atoms with Crippen molar-refractivity contribution in [3.63, 3.8) is 0 Å². The fourth-order valence-electron chi connectivity index (χ4n) is 1.000. The maximum Gasteiger partial charge on any atom is 0.309 e. The van der Waals surface area contributed by atoms with Crippen molar-refractivity contribution in [3.8, 4) is 0 Å². The second-order valence-electron chi connectivity index (χ2n) is 2.80. The molecule has 0 radical (unpaired) electrons. The van der Waals surface area contributed by atoms with Crippen LogP contribution >= 0.6 is 11.6 Å². The molecule has 0 aromatic carbocycles. The van der Waals surface area contributed by atoms with Crippen LogP contribution in [-0.4, -0.2) is 21.8 Å². The highest BCUT2D eigenvalue weighted by Gasteiger charge is 2.07. The molecule has 0 aliphatic carbocycles. The molecular formula is C9H8ClNO3. The SMILES string of the molecule is CC(=O)c1cc(Cl)nc(CC(=O)O)c1. The second kappa shape index (κ2) is 4.19. The van der Waals surface area contributed by atoms with Crippen molar-refractivity contribution in [3.05, 3.63) is 28.5 Å². The fraction of sp³-hybridized carbons (Fsp3) is 0.222. The first-order valence-electron chi connectivity index (χ1n) is 3.88. The average molecular weight is 214 g/mol. The number of carbonyl (C=O) groups excluding carboxylic acids is 1. The van der Waals surface area contributed by atoms with Gasteiger partial charge < -0.3 is 5.11 Å². The largest absolute Gasteiger partial charge is 0.481 e. The van der Waals surface area contributed by atoms with E-state index < -0.39 is 5.97 Å². The summed E-state index contributed by atoms with van der Waals surface area (Å²) in [6, 6.07) is 2.84. The smallest absolute Gasteiger partial charge is 0.309 e. The molecule has 0 spiro atoms. The van der Waals surface area contributed by atoms with E-state index in [0.29, 0.717) is 5.56 Å². The van der Waals surface area contributed by atoms with Gasteiger partial charge in [0.15, 0.2) is 5.78 Å². The molecule has 0 saturated heterocycles. The standard InChI is InChI=1S/C9H8ClNO3/c1-5(12)6-2-7(4-9(13)14)11-8(10)3-6/h2-3H,4H2,1H3,(H,13,14). The van der Waals surface area contributed by atoms with Crippen LogP contribution in [0.2, 0.25) is 5.15 Å². The number of halogens is 1. The van der Waals surface area contributed by atoms with Gasteiger partial charge in [0.1, 0.15) is 5.15 Å². The van der Waals surface area contributed by atoms with Gasteiger partial charge in [-0.1, -0.05) is 11.6 Å². The fourth-order valence-corrected chi connectivity index (χ4v) is 1.23. The number of rotatable bonds is 3. The van der Waals surface area contributed by atoms with Crippen molar-refractivity contribution >= 4 is 23.4 Å². The van der Waals surface area contributed by atoms with Crippen LogP contribution in [0.4, 0.5) is 0 Å². The lowest BCUT2D eigenvalue weighted by atomic mass is 10.1. The molecule has 1 N–H and O–H groups in total. The van der Waals surface area contributed by atoms with E-state index in [-0.39, 0.29) is 23.1 Å². The Labute approximate surface area is 85.5 Å². The van der Waals surface area contributed by atoms with Crippen molar-refractivity contribution in [2.45, 2.75) is 13.3 Å². The number of nitrogens with zero attached hydrogens (tertiary/aromatic N) is 1. The molecule has 0 aliphatic heterocycles. The zero-order valence-electron chi connectivity index (χ0n) is 7.45. The summed E-state index contributed by atoms with van der Waals surface area (Å²) in [5.74, 6) is -1.17. The number of aromatic nitrogens is 1. The highest BCUT2D eigenvalue weighted by molar-refractivity contribution is 6.29. The monoisotopic (exact) mass is 213 g/mol. The highest BCUT2D eigenvalue weighted by Crippen LogP contribution is 2.11. The molecule has 4 nitrogen and oxygen atoms in total. The Hall–Kier alpha value is -1.42. The van der Waals surface area contributed by atoms with E-state index >= 15 is 0 Å². The predicted octanol–water partition coefficient (Wildman–Crippen LogP) is 1.56. The third-order valence-electron chi connectivity index (χ3n) is 1.59. The number of aliphatic carboxylic acids is 1. The van der Waals surface area contributed by atoms with Gasteiger partial charge in [-0.05, 0) is 19.1 Å². The number of carbonyl (C=O) groups is 2. The molecule has 0 unspecified atom stereocenters. The van der Waals surface area contributed by atoms with Gasteiger partial charge in [-0.15, -0.1) is 0 Å². The van der Waals surface area contributed by atoms with Crippen molar-refractivity contribution in [2.75, 3.05) is 0 Å². The topological polar surface area (TPSA) is 67.3 Å². The van der Waals surface area contributed by atoms with Gasteiger partial charge in [0.05, 0.1) is 12.1 Å². The van der Waals surface area contributed by atoms with Crippen LogP contribution in [-0.2, 0) is 11.2 Å². The first-order valence-corrected chi connectivity index (χ1v) is 4.26. The van der Waals surface area contributed by atoms with E-state index in [4.69, 9.17) is 16.7 Å². The number of Topliss-reactive ketones (excluding diaryl/α,β-unsaturated/α-hetero) is 1. The molecule has 1 aromatic heterocycles. The summed E-state index contributed by atoms with van der Waals surface area (Å²) in [6.45, 7) is 1.39. The number of hydrogen-bond donors (Lipinski definition) is 1. The number of pyridine rings is 1. The minimum absolute atomic E-state index is 0.133. The molecule has 0 aliphatic rings. The Morgan fingerprint density at radius 2 is 2.14 bits per heavy atom. The quantitative estimate of drug-likeness (QED) is 0.611. The highest BCUT2D eigenvalue weighted by atomic mass is 35.5. The molecule has 1 aromatic rings. The van der Waals surface area contributed by atoms with E-state index in [1.165, 1.54) is 19.1 Å². The Bertz CT molecular complexity index is 390. The van der Waals surface area contributed by atoms with Gasteiger partial charge >= 0.3 is 5.97 Å². The van der Waals surface area contributed by atoms with Crippen LogP contribution in [0, 0.1) is 0 Å². The Morgan fingerprint density at radius 3 is 2.64 bits per heavy atom. The third kappa shape index (κ3) is 2.81. The van der Waals surface area contributed by atoms with E-state index in [9.17, 15) is 9.59 Å². The Balaban J connectivity index is 3.07. The van der Waals surface area contributed by atoms with E-state index in [2.05, 4.69) is 4.98 Å². The maximum absolute atomic E-state index is 11.0. The number of carboxylic acids is 1. The molecule has 0 fully saturated rings. The Morgan fingerprint density at radius 1 is 1.50 bits per heavy atom. The summed E-state index contributed by atoms with van der Waals surface area (Å²) in [5.41, 5.74) is 0.663. The van der Waals surface area contributed by atoms with Gasteiger partial charge in [-0.2, -0.15) is 0 Å². The molecule has 14 heavy (non-hydrogen) atoms. The first-order chi connectivity index (χ1) is 6.49. The molecule has 5 heteroatoms. The second-order valence-corrected chi connectivity index (χ2v) is 3.18. The van der Waals surface area contributed by atoms with Crippen LogP contribution in [0.3, 0.4) is 0 Å². The van der Waals surface area contributed by atoms with Crippen LogP contribution in [0.25, 0.3) is 0 Å². The van der Waals surface area contributed by atoms with Gasteiger partial charge in [-0.25, -0.2) is 4.98 Å². The van der Waals surface area contributed by atoms with Crippen LogP contribution in [0.5, 0.6) is 0 Å². The maximum atomic E-state index is 11.0. The van der Waals surface area contributed by atoms with Gasteiger partial charge in [-0.3, -0.25) is 9.59 Å². The van der Waals surface area contributed by atoms with Crippen LogP contribution in [0.15, 0.2) is 12.1 Å². The lowest BCUT2D eigenvalue weighted by molar-refractivity contribution is -0.136. The number of hydrogen-bond acceptors (Lipinski definition) is 3. The Kier molecular flexibility index (Phi) is 3.19. The predicted molar refractivity (Wildman–Crippen MR) is 50.6 cm³/mol. The summed E-state index contributed by atoms with van der Waals surface area (Å²) in [7, 11) is 0. The molecule has 74 valence electrons. The zero-order chi connectivity index (χ0) is 10.7. The van der Waals surface area contributed by atoms with Crippen molar-refractivity contribution in [1.82, 2.24) is 4.98 Å². The van der Waals surface area contributed by atoms with Crippen LogP contribution in [0.1, 0.15) is 23.0 Å². The van der Waals surface area contributed by atoms with Crippen molar-refractivity contribution in [2.24, 2.45) is 0 Å². The lowest BCUT2D eigenvalue weighted by Gasteiger charge is -2.00. The van der Waals surface area contributed by atoms with Gasteiger partial charge in [0, 0.05) is 5.56 Å². The molecular weight excluding hydrogens is 206 g/mol. The number of ketones is 1. The molecule has 0 saturated carbocycles. The summed E-state index contributed by atoms with van der Waals surface area (Å²) in [4.78, 5) is 25.2. The molecule has 0 atom stereocenters. The molecule has 0 bridgehead atoms. The van der Waals surface area contributed by atoms with Crippen molar-refractivity contribution in [1.29, 1.82) is 0 Å². The summed E-state index contributed by atoms with van der Waals surface area (Å²) >= 11 is 5.62. The number of carboxylic acid groups (broad SMARTS) is 1. The summed E-state index contributed by atoms with van der Waals surface area (Å²) in [6.07, 6.45) is -0.235. The minimum atomic E-state index is -1.01. The van der Waals surface area contributed by atoms with Crippen molar-refractivity contribution < 1.29 is 14.7 Å². The minimum Gasteiger partial charge on any atom is -0.481 e. The van der Waals surface area contributed by atoms with Gasteiger partial charge in [0.25, 0.3) is 0 Å². The molecule has 1 rings (SSSR count). The lowest BCUT2D eigenvalue weighted by Crippen LogP contribution is -2.04.